The molecule has 5 heteroatoms. The Morgan fingerprint density at radius 3 is 2.37 bits per heavy atom. The van der Waals surface area contributed by atoms with Gasteiger partial charge < -0.3 is 15.3 Å². The van der Waals surface area contributed by atoms with Gasteiger partial charge in [-0.15, -0.1) is 0 Å². The Labute approximate surface area is 117 Å². The van der Waals surface area contributed by atoms with E-state index in [2.05, 4.69) is 34.1 Å². The summed E-state index contributed by atoms with van der Waals surface area (Å²) in [6.45, 7) is 8.32. The summed E-state index contributed by atoms with van der Waals surface area (Å²) in [7, 11) is 4.25. The molecule has 0 aromatic carbocycles. The van der Waals surface area contributed by atoms with Crippen LogP contribution in [0.3, 0.4) is 0 Å². The highest BCUT2D eigenvalue weighted by Gasteiger charge is 2.23. The lowest BCUT2D eigenvalue weighted by molar-refractivity contribution is 0.0703. The van der Waals surface area contributed by atoms with Crippen LogP contribution in [0, 0.1) is 0 Å². The summed E-state index contributed by atoms with van der Waals surface area (Å²) in [6, 6.07) is 0.692. The minimum Gasteiger partial charge on any atom is -0.390 e. The second-order valence-corrected chi connectivity index (χ2v) is 6.28. The SMILES string of the molecule is CN(C)CCN1CCN(CC(O)CNC2CC2)CC1. The third-order valence-corrected chi connectivity index (χ3v) is 4.02. The van der Waals surface area contributed by atoms with E-state index in [4.69, 9.17) is 0 Å². The monoisotopic (exact) mass is 270 g/mol. The molecule has 0 aromatic rings. The summed E-state index contributed by atoms with van der Waals surface area (Å²) in [6.07, 6.45) is 2.36. The summed E-state index contributed by atoms with van der Waals surface area (Å²) in [5, 5.41) is 13.4. The summed E-state index contributed by atoms with van der Waals surface area (Å²) in [5.41, 5.74) is 0. The fraction of sp³-hybridized carbons (Fsp3) is 1.00. The van der Waals surface area contributed by atoms with Crippen LogP contribution >= 0.6 is 0 Å². The van der Waals surface area contributed by atoms with Crippen molar-refractivity contribution in [2.24, 2.45) is 0 Å². The van der Waals surface area contributed by atoms with Gasteiger partial charge in [0.2, 0.25) is 0 Å². The molecule has 1 aliphatic heterocycles. The van der Waals surface area contributed by atoms with E-state index in [0.717, 1.165) is 52.4 Å². The van der Waals surface area contributed by atoms with Crippen molar-refractivity contribution in [3.63, 3.8) is 0 Å². The molecule has 1 atom stereocenters. The predicted octanol–water partition coefficient (Wildman–Crippen LogP) is -0.721. The standard InChI is InChI=1S/C14H30N4O/c1-16(2)5-6-17-7-9-18(10-8-17)12-14(19)11-15-13-3-4-13/h13-15,19H,3-12H2,1-2H3. The van der Waals surface area contributed by atoms with E-state index in [1.807, 2.05) is 0 Å². The quantitative estimate of drug-likeness (QED) is 0.609. The molecular weight excluding hydrogens is 240 g/mol. The number of aliphatic hydroxyl groups excluding tert-OH is 1. The minimum absolute atomic E-state index is 0.214. The van der Waals surface area contributed by atoms with Gasteiger partial charge in [0.05, 0.1) is 6.10 Å². The molecular formula is C14H30N4O. The zero-order valence-electron chi connectivity index (χ0n) is 12.5. The minimum atomic E-state index is -0.214. The van der Waals surface area contributed by atoms with Crippen LogP contribution in [0.15, 0.2) is 0 Å². The molecule has 2 N–H and O–H groups in total. The van der Waals surface area contributed by atoms with E-state index in [0.29, 0.717) is 6.04 Å². The molecule has 1 saturated heterocycles. The third-order valence-electron chi connectivity index (χ3n) is 4.02. The Bertz CT molecular complexity index is 250. The van der Waals surface area contributed by atoms with Crippen molar-refractivity contribution in [3.05, 3.63) is 0 Å². The first-order valence-electron chi connectivity index (χ1n) is 7.64. The summed E-state index contributed by atoms with van der Waals surface area (Å²) < 4.78 is 0. The van der Waals surface area contributed by atoms with Crippen LogP contribution in [0.25, 0.3) is 0 Å². The first-order valence-corrected chi connectivity index (χ1v) is 7.64. The van der Waals surface area contributed by atoms with Gasteiger partial charge in [-0.1, -0.05) is 0 Å². The molecule has 0 bridgehead atoms. The molecule has 19 heavy (non-hydrogen) atoms. The van der Waals surface area contributed by atoms with E-state index >= 15 is 0 Å². The number of piperazine rings is 1. The van der Waals surface area contributed by atoms with Crippen LogP contribution in [0.5, 0.6) is 0 Å². The molecule has 1 saturated carbocycles. The molecule has 1 heterocycles. The molecule has 2 fully saturated rings. The van der Waals surface area contributed by atoms with E-state index in [1.165, 1.54) is 12.8 Å². The lowest BCUT2D eigenvalue weighted by Crippen LogP contribution is -2.50. The van der Waals surface area contributed by atoms with Crippen LogP contribution in [-0.2, 0) is 0 Å². The van der Waals surface area contributed by atoms with E-state index < -0.39 is 0 Å². The Morgan fingerprint density at radius 1 is 1.16 bits per heavy atom. The molecule has 1 aliphatic carbocycles. The third kappa shape index (κ3) is 6.19. The van der Waals surface area contributed by atoms with Gasteiger partial charge in [0, 0.05) is 58.4 Å². The number of nitrogens with zero attached hydrogens (tertiary/aromatic N) is 3. The first-order chi connectivity index (χ1) is 9.13. The highest BCUT2D eigenvalue weighted by atomic mass is 16.3. The van der Waals surface area contributed by atoms with Crippen molar-refractivity contribution in [2.45, 2.75) is 25.0 Å². The Balaban J connectivity index is 1.54. The first kappa shape index (κ1) is 15.2. The average molecular weight is 270 g/mol. The second-order valence-electron chi connectivity index (χ2n) is 6.28. The van der Waals surface area contributed by atoms with Gasteiger partial charge >= 0.3 is 0 Å². The van der Waals surface area contributed by atoms with E-state index in [-0.39, 0.29) is 6.10 Å². The number of hydrogen-bond donors (Lipinski definition) is 2. The maximum absolute atomic E-state index is 10.00. The van der Waals surface area contributed by atoms with Gasteiger partial charge in [-0.25, -0.2) is 0 Å². The second kappa shape index (κ2) is 7.55. The van der Waals surface area contributed by atoms with Crippen molar-refractivity contribution >= 4 is 0 Å². The zero-order chi connectivity index (χ0) is 13.7. The van der Waals surface area contributed by atoms with Crippen molar-refractivity contribution in [1.29, 1.82) is 0 Å². The van der Waals surface area contributed by atoms with E-state index in [9.17, 15) is 5.11 Å². The van der Waals surface area contributed by atoms with Gasteiger partial charge in [-0.3, -0.25) is 9.80 Å². The van der Waals surface area contributed by atoms with Gasteiger partial charge in [-0.05, 0) is 26.9 Å². The Morgan fingerprint density at radius 2 is 1.79 bits per heavy atom. The van der Waals surface area contributed by atoms with Gasteiger partial charge in [0.15, 0.2) is 0 Å². The highest BCUT2D eigenvalue weighted by molar-refractivity contribution is 4.83. The highest BCUT2D eigenvalue weighted by Crippen LogP contribution is 2.18. The van der Waals surface area contributed by atoms with Gasteiger partial charge in [0.1, 0.15) is 0 Å². The molecule has 2 aliphatic rings. The fourth-order valence-electron chi connectivity index (χ4n) is 2.49. The molecule has 0 radical (unpaired) electrons. The number of hydrogen-bond acceptors (Lipinski definition) is 5. The Hall–Kier alpha value is -0.200. The number of aliphatic hydroxyl groups is 1. The van der Waals surface area contributed by atoms with Crippen molar-refractivity contribution in [1.82, 2.24) is 20.0 Å². The maximum Gasteiger partial charge on any atom is 0.0791 e. The predicted molar refractivity (Wildman–Crippen MR) is 78.5 cm³/mol. The maximum atomic E-state index is 10.00. The summed E-state index contributed by atoms with van der Waals surface area (Å²) >= 11 is 0. The van der Waals surface area contributed by atoms with Gasteiger partial charge in [0.25, 0.3) is 0 Å². The Kier molecular flexibility index (Phi) is 6.04. The number of β-amino-alcohol motifs (C(OH)–C–C–N with tert-alkyl or cyclic N) is 1. The van der Waals surface area contributed by atoms with Crippen molar-refractivity contribution < 1.29 is 5.11 Å². The fourth-order valence-corrected chi connectivity index (χ4v) is 2.49. The average Bonchev–Trinajstić information content (AvgIpc) is 3.19. The molecule has 0 aromatic heterocycles. The lowest BCUT2D eigenvalue weighted by Gasteiger charge is -2.36. The summed E-state index contributed by atoms with van der Waals surface area (Å²) in [5.74, 6) is 0. The summed E-state index contributed by atoms with van der Waals surface area (Å²) in [4.78, 5) is 7.15. The molecule has 2 rings (SSSR count). The lowest BCUT2D eigenvalue weighted by atomic mass is 10.2. The van der Waals surface area contributed by atoms with E-state index in [1.54, 1.807) is 0 Å². The van der Waals surface area contributed by atoms with Crippen LogP contribution in [0.1, 0.15) is 12.8 Å². The molecule has 0 spiro atoms. The molecule has 0 amide bonds. The van der Waals surface area contributed by atoms with Crippen molar-refractivity contribution in [2.75, 3.05) is 66.5 Å². The van der Waals surface area contributed by atoms with Crippen LogP contribution < -0.4 is 5.32 Å². The zero-order valence-corrected chi connectivity index (χ0v) is 12.5. The van der Waals surface area contributed by atoms with Crippen LogP contribution in [0.4, 0.5) is 0 Å². The smallest absolute Gasteiger partial charge is 0.0791 e. The molecule has 5 nitrogen and oxygen atoms in total. The van der Waals surface area contributed by atoms with Crippen LogP contribution in [-0.4, -0.2) is 98.4 Å². The van der Waals surface area contributed by atoms with Gasteiger partial charge in [-0.2, -0.15) is 0 Å². The van der Waals surface area contributed by atoms with Crippen molar-refractivity contribution in [3.8, 4) is 0 Å². The molecule has 1 unspecified atom stereocenters. The normalized spacial score (nSPS) is 24.0. The number of rotatable bonds is 8. The largest absolute Gasteiger partial charge is 0.390 e. The topological polar surface area (TPSA) is 42.0 Å². The number of likely N-dealkylation sites (N-methyl/N-ethyl adjacent to an activating group) is 1. The molecule has 112 valence electrons. The number of nitrogens with one attached hydrogen (secondary N) is 1. The van der Waals surface area contributed by atoms with Crippen LogP contribution in [0.2, 0.25) is 0 Å².